The van der Waals surface area contributed by atoms with Crippen LogP contribution in [0.4, 0.5) is 14.6 Å². The molecule has 0 aliphatic heterocycles. The maximum atomic E-state index is 13.0. The molecule has 78 valence electrons. The number of nitrogens with zero attached hydrogens (tertiary/aromatic N) is 1. The topological polar surface area (TPSA) is 74.9 Å². The maximum Gasteiger partial charge on any atom is 0.201 e. The van der Waals surface area contributed by atoms with E-state index in [1.807, 2.05) is 0 Å². The second-order valence-corrected chi connectivity index (χ2v) is 2.96. The molecule has 0 aliphatic rings. The SMILES string of the molecule is Nc1cc(-c2ccc(F)c(F)c2O)[nH]n1. The summed E-state index contributed by atoms with van der Waals surface area (Å²) < 4.78 is 25.7. The number of halogens is 2. The van der Waals surface area contributed by atoms with Gasteiger partial charge in [0, 0.05) is 11.6 Å². The molecule has 0 bridgehead atoms. The van der Waals surface area contributed by atoms with Crippen LogP contribution in [0.25, 0.3) is 11.3 Å². The lowest BCUT2D eigenvalue weighted by Gasteiger charge is -2.02. The summed E-state index contributed by atoms with van der Waals surface area (Å²) in [5, 5.41) is 15.4. The maximum absolute atomic E-state index is 13.0. The van der Waals surface area contributed by atoms with Crippen LogP contribution in [0.2, 0.25) is 0 Å². The molecule has 2 rings (SSSR count). The summed E-state index contributed by atoms with van der Waals surface area (Å²) in [6.07, 6.45) is 0. The van der Waals surface area contributed by atoms with Crippen molar-refractivity contribution in [3.8, 4) is 17.0 Å². The van der Waals surface area contributed by atoms with Gasteiger partial charge in [-0.3, -0.25) is 5.10 Å². The highest BCUT2D eigenvalue weighted by Crippen LogP contribution is 2.31. The number of hydrogen-bond acceptors (Lipinski definition) is 3. The molecule has 0 fully saturated rings. The van der Waals surface area contributed by atoms with Crippen molar-refractivity contribution >= 4 is 5.82 Å². The van der Waals surface area contributed by atoms with Gasteiger partial charge in [0.05, 0.1) is 5.69 Å². The van der Waals surface area contributed by atoms with Crippen molar-refractivity contribution in [3.05, 3.63) is 29.8 Å². The normalized spacial score (nSPS) is 10.5. The van der Waals surface area contributed by atoms with Crippen molar-refractivity contribution < 1.29 is 13.9 Å². The van der Waals surface area contributed by atoms with E-state index in [2.05, 4.69) is 10.2 Å². The number of nitrogens with one attached hydrogen (secondary N) is 1. The van der Waals surface area contributed by atoms with Gasteiger partial charge in [0.15, 0.2) is 11.6 Å². The molecule has 0 atom stereocenters. The number of rotatable bonds is 1. The van der Waals surface area contributed by atoms with Crippen LogP contribution in [0.5, 0.6) is 5.75 Å². The Labute approximate surface area is 83.4 Å². The number of phenolic OH excluding ortho intramolecular Hbond substituents is 1. The Morgan fingerprint density at radius 2 is 2.07 bits per heavy atom. The van der Waals surface area contributed by atoms with E-state index in [1.54, 1.807) is 0 Å². The summed E-state index contributed by atoms with van der Waals surface area (Å²) in [5.74, 6) is -2.96. The molecule has 0 spiro atoms. The van der Waals surface area contributed by atoms with E-state index in [1.165, 1.54) is 12.1 Å². The summed E-state index contributed by atoms with van der Waals surface area (Å²) in [5.41, 5.74) is 5.77. The average Bonchev–Trinajstić information content (AvgIpc) is 2.61. The van der Waals surface area contributed by atoms with Gasteiger partial charge in [-0.15, -0.1) is 0 Å². The Hall–Kier alpha value is -2.11. The Bertz CT molecular complexity index is 510. The minimum Gasteiger partial charge on any atom is -0.504 e. The van der Waals surface area contributed by atoms with Crippen LogP contribution < -0.4 is 5.73 Å². The third kappa shape index (κ3) is 1.50. The van der Waals surface area contributed by atoms with Crippen LogP contribution in [-0.2, 0) is 0 Å². The Kier molecular flexibility index (Phi) is 2.03. The van der Waals surface area contributed by atoms with E-state index >= 15 is 0 Å². The van der Waals surface area contributed by atoms with Crippen molar-refractivity contribution in [3.63, 3.8) is 0 Å². The average molecular weight is 211 g/mol. The quantitative estimate of drug-likeness (QED) is 0.671. The van der Waals surface area contributed by atoms with Gasteiger partial charge in [0.2, 0.25) is 5.82 Å². The predicted molar refractivity (Wildman–Crippen MR) is 50.0 cm³/mol. The first kappa shape index (κ1) is 9.45. The van der Waals surface area contributed by atoms with E-state index in [0.29, 0.717) is 5.69 Å². The highest BCUT2D eigenvalue weighted by atomic mass is 19.2. The van der Waals surface area contributed by atoms with Crippen molar-refractivity contribution in [2.45, 2.75) is 0 Å². The molecular weight excluding hydrogens is 204 g/mol. The van der Waals surface area contributed by atoms with Crippen molar-refractivity contribution in [2.75, 3.05) is 5.73 Å². The van der Waals surface area contributed by atoms with Crippen LogP contribution in [-0.4, -0.2) is 15.3 Å². The van der Waals surface area contributed by atoms with Crippen molar-refractivity contribution in [1.82, 2.24) is 10.2 Å². The lowest BCUT2D eigenvalue weighted by Crippen LogP contribution is -1.88. The van der Waals surface area contributed by atoms with Crippen LogP contribution in [0.1, 0.15) is 0 Å². The smallest absolute Gasteiger partial charge is 0.201 e. The van der Waals surface area contributed by atoms with Gasteiger partial charge in [-0.2, -0.15) is 9.49 Å². The van der Waals surface area contributed by atoms with Crippen LogP contribution >= 0.6 is 0 Å². The van der Waals surface area contributed by atoms with Crippen molar-refractivity contribution in [1.29, 1.82) is 0 Å². The van der Waals surface area contributed by atoms with E-state index < -0.39 is 17.4 Å². The first-order valence-corrected chi connectivity index (χ1v) is 4.08. The monoisotopic (exact) mass is 211 g/mol. The third-order valence-corrected chi connectivity index (χ3v) is 1.96. The summed E-state index contributed by atoms with van der Waals surface area (Å²) in [4.78, 5) is 0. The molecule has 0 unspecified atom stereocenters. The standard InChI is InChI=1S/C9H7F2N3O/c10-5-2-1-4(9(15)8(5)11)6-3-7(12)14-13-6/h1-3,15H,(H3,12,13,14). The fourth-order valence-corrected chi connectivity index (χ4v) is 1.23. The highest BCUT2D eigenvalue weighted by Gasteiger charge is 2.14. The van der Waals surface area contributed by atoms with Crippen LogP contribution in [0.15, 0.2) is 18.2 Å². The minimum absolute atomic E-state index is 0.109. The summed E-state index contributed by atoms with van der Waals surface area (Å²) >= 11 is 0. The molecule has 4 nitrogen and oxygen atoms in total. The first-order valence-electron chi connectivity index (χ1n) is 4.08. The van der Waals surface area contributed by atoms with Gasteiger partial charge in [-0.25, -0.2) is 4.39 Å². The summed E-state index contributed by atoms with van der Waals surface area (Å²) in [6, 6.07) is 3.56. The largest absolute Gasteiger partial charge is 0.504 e. The third-order valence-electron chi connectivity index (χ3n) is 1.96. The molecule has 6 heteroatoms. The number of aromatic hydroxyl groups is 1. The van der Waals surface area contributed by atoms with E-state index in [4.69, 9.17) is 5.73 Å². The second kappa shape index (κ2) is 3.23. The molecule has 4 N–H and O–H groups in total. The first-order chi connectivity index (χ1) is 7.09. The molecule has 0 aliphatic carbocycles. The zero-order valence-corrected chi connectivity index (χ0v) is 7.46. The zero-order valence-electron chi connectivity index (χ0n) is 7.46. The highest BCUT2D eigenvalue weighted by molar-refractivity contribution is 5.68. The molecular formula is C9H7F2N3O. The Morgan fingerprint density at radius 3 is 2.67 bits per heavy atom. The number of nitrogens with two attached hydrogens (primary N) is 1. The van der Waals surface area contributed by atoms with Gasteiger partial charge >= 0.3 is 0 Å². The molecule has 0 saturated heterocycles. The molecule has 1 heterocycles. The summed E-state index contributed by atoms with van der Waals surface area (Å²) in [6.45, 7) is 0. The minimum atomic E-state index is -1.29. The fraction of sp³-hybridized carbons (Fsp3) is 0. The molecule has 0 amide bonds. The van der Waals surface area contributed by atoms with Gasteiger partial charge in [0.1, 0.15) is 5.82 Å². The second-order valence-electron chi connectivity index (χ2n) is 2.96. The van der Waals surface area contributed by atoms with Crippen LogP contribution in [0.3, 0.4) is 0 Å². The van der Waals surface area contributed by atoms with Gasteiger partial charge in [-0.1, -0.05) is 0 Å². The predicted octanol–water partition coefficient (Wildman–Crippen LogP) is 1.64. The van der Waals surface area contributed by atoms with Crippen LogP contribution in [0, 0.1) is 11.6 Å². The summed E-state index contributed by atoms with van der Waals surface area (Å²) in [7, 11) is 0. The molecule has 0 radical (unpaired) electrons. The number of anilines is 1. The van der Waals surface area contributed by atoms with E-state index in [9.17, 15) is 13.9 Å². The lowest BCUT2D eigenvalue weighted by atomic mass is 10.1. The molecule has 2 aromatic rings. The number of H-pyrrole nitrogens is 1. The Morgan fingerprint density at radius 1 is 1.33 bits per heavy atom. The van der Waals surface area contributed by atoms with Gasteiger partial charge < -0.3 is 10.8 Å². The molecule has 1 aromatic carbocycles. The van der Waals surface area contributed by atoms with E-state index in [-0.39, 0.29) is 11.4 Å². The number of hydrogen-bond donors (Lipinski definition) is 3. The van der Waals surface area contributed by atoms with E-state index in [0.717, 1.165) is 6.07 Å². The van der Waals surface area contributed by atoms with Crippen molar-refractivity contribution in [2.24, 2.45) is 0 Å². The van der Waals surface area contributed by atoms with Gasteiger partial charge in [-0.05, 0) is 12.1 Å². The lowest BCUT2D eigenvalue weighted by molar-refractivity contribution is 0.409. The number of phenols is 1. The Balaban J connectivity index is 2.59. The molecule has 0 saturated carbocycles. The number of aromatic nitrogens is 2. The molecule has 1 aromatic heterocycles. The fourth-order valence-electron chi connectivity index (χ4n) is 1.23. The zero-order chi connectivity index (χ0) is 11.0. The molecule has 15 heavy (non-hydrogen) atoms. The number of aromatic amines is 1. The number of benzene rings is 1. The number of nitrogen functional groups attached to an aromatic ring is 1. The van der Waals surface area contributed by atoms with Gasteiger partial charge in [0.25, 0.3) is 0 Å².